The smallest absolute Gasteiger partial charge is 0.251 e. The number of furan rings is 1. The molecule has 0 fully saturated rings. The summed E-state index contributed by atoms with van der Waals surface area (Å²) in [6.07, 6.45) is 2.63. The Balaban J connectivity index is 1.91. The van der Waals surface area contributed by atoms with Gasteiger partial charge in [0.2, 0.25) is 10.0 Å². The molecule has 2 aromatic rings. The summed E-state index contributed by atoms with van der Waals surface area (Å²) in [4.78, 5) is 12.0. The standard InChI is InChI=1S/C16H20N2O4S/c1-13-5-7-14(8-6-13)16(19)17-9-10-18(23(2,20)21)12-15-4-3-11-22-15/h3-8,11H,9-10,12H2,1-2H3,(H,17,19). The fraction of sp³-hybridized carbons (Fsp3) is 0.312. The topological polar surface area (TPSA) is 79.6 Å². The van der Waals surface area contributed by atoms with E-state index in [1.54, 1.807) is 24.3 Å². The highest BCUT2D eigenvalue weighted by atomic mass is 32.2. The molecule has 1 amide bonds. The van der Waals surface area contributed by atoms with Crippen molar-refractivity contribution in [1.82, 2.24) is 9.62 Å². The Hall–Kier alpha value is -2.12. The summed E-state index contributed by atoms with van der Waals surface area (Å²) in [6.45, 7) is 2.49. The van der Waals surface area contributed by atoms with Crippen LogP contribution in [0.25, 0.3) is 0 Å². The Morgan fingerprint density at radius 3 is 2.48 bits per heavy atom. The van der Waals surface area contributed by atoms with E-state index in [9.17, 15) is 13.2 Å². The molecule has 124 valence electrons. The van der Waals surface area contributed by atoms with Gasteiger partial charge in [-0.15, -0.1) is 0 Å². The zero-order valence-electron chi connectivity index (χ0n) is 13.2. The molecular formula is C16H20N2O4S. The number of carbonyl (C=O) groups is 1. The fourth-order valence-electron chi connectivity index (χ4n) is 2.04. The van der Waals surface area contributed by atoms with Crippen LogP contribution in [0.3, 0.4) is 0 Å². The normalized spacial score (nSPS) is 11.6. The Morgan fingerprint density at radius 1 is 1.22 bits per heavy atom. The van der Waals surface area contributed by atoms with Crippen LogP contribution >= 0.6 is 0 Å². The Kier molecular flexibility index (Phi) is 5.57. The molecule has 0 atom stereocenters. The molecule has 0 aliphatic rings. The molecule has 1 N–H and O–H groups in total. The maximum atomic E-state index is 12.0. The lowest BCUT2D eigenvalue weighted by Crippen LogP contribution is -2.37. The van der Waals surface area contributed by atoms with Gasteiger partial charge in [-0.2, -0.15) is 4.31 Å². The average Bonchev–Trinajstić information content (AvgIpc) is 2.99. The van der Waals surface area contributed by atoms with Crippen molar-refractivity contribution in [1.29, 1.82) is 0 Å². The lowest BCUT2D eigenvalue weighted by Gasteiger charge is -2.19. The van der Waals surface area contributed by atoms with Gasteiger partial charge < -0.3 is 9.73 Å². The fourth-order valence-corrected chi connectivity index (χ4v) is 2.82. The van der Waals surface area contributed by atoms with Crippen molar-refractivity contribution in [2.75, 3.05) is 19.3 Å². The summed E-state index contributed by atoms with van der Waals surface area (Å²) in [6, 6.07) is 10.6. The zero-order chi connectivity index (χ0) is 16.9. The van der Waals surface area contributed by atoms with Crippen LogP contribution in [0.15, 0.2) is 47.1 Å². The molecule has 0 unspecified atom stereocenters. The van der Waals surface area contributed by atoms with E-state index in [1.807, 2.05) is 19.1 Å². The number of benzene rings is 1. The number of sulfonamides is 1. The number of nitrogens with zero attached hydrogens (tertiary/aromatic N) is 1. The van der Waals surface area contributed by atoms with Gasteiger partial charge >= 0.3 is 0 Å². The SMILES string of the molecule is Cc1ccc(C(=O)NCCN(Cc2ccco2)S(C)(=O)=O)cc1. The van der Waals surface area contributed by atoms with E-state index in [0.717, 1.165) is 11.8 Å². The Labute approximate surface area is 136 Å². The molecule has 23 heavy (non-hydrogen) atoms. The third kappa shape index (κ3) is 5.22. The molecule has 2 rings (SSSR count). The summed E-state index contributed by atoms with van der Waals surface area (Å²) in [5, 5.41) is 2.72. The molecule has 7 heteroatoms. The quantitative estimate of drug-likeness (QED) is 0.836. The van der Waals surface area contributed by atoms with Gasteiger partial charge in [-0.3, -0.25) is 4.79 Å². The van der Waals surface area contributed by atoms with Crippen LogP contribution in [0.4, 0.5) is 0 Å². The lowest BCUT2D eigenvalue weighted by atomic mass is 10.1. The number of carbonyl (C=O) groups excluding carboxylic acids is 1. The largest absolute Gasteiger partial charge is 0.468 e. The lowest BCUT2D eigenvalue weighted by molar-refractivity contribution is 0.0951. The van der Waals surface area contributed by atoms with E-state index in [0.29, 0.717) is 11.3 Å². The number of amides is 1. The minimum Gasteiger partial charge on any atom is -0.468 e. The van der Waals surface area contributed by atoms with Gasteiger partial charge in [-0.25, -0.2) is 8.42 Å². The van der Waals surface area contributed by atoms with Crippen LogP contribution in [0.2, 0.25) is 0 Å². The second kappa shape index (κ2) is 7.43. The van der Waals surface area contributed by atoms with Gasteiger partial charge in [0.15, 0.2) is 0 Å². The molecule has 0 saturated heterocycles. The van der Waals surface area contributed by atoms with Crippen LogP contribution in [0.5, 0.6) is 0 Å². The number of aryl methyl sites for hydroxylation is 1. The van der Waals surface area contributed by atoms with Crippen molar-refractivity contribution in [3.63, 3.8) is 0 Å². The van der Waals surface area contributed by atoms with E-state index in [-0.39, 0.29) is 25.5 Å². The predicted molar refractivity (Wildman–Crippen MR) is 87.5 cm³/mol. The van der Waals surface area contributed by atoms with Crippen molar-refractivity contribution in [2.45, 2.75) is 13.5 Å². The van der Waals surface area contributed by atoms with Crippen molar-refractivity contribution in [2.24, 2.45) is 0 Å². The third-order valence-electron chi connectivity index (χ3n) is 3.34. The monoisotopic (exact) mass is 336 g/mol. The molecular weight excluding hydrogens is 316 g/mol. The first-order chi connectivity index (χ1) is 10.9. The number of hydrogen-bond donors (Lipinski definition) is 1. The van der Waals surface area contributed by atoms with Gasteiger partial charge in [0, 0.05) is 18.7 Å². The molecule has 1 heterocycles. The maximum Gasteiger partial charge on any atom is 0.251 e. The summed E-state index contributed by atoms with van der Waals surface area (Å²) in [7, 11) is -3.39. The summed E-state index contributed by atoms with van der Waals surface area (Å²) in [5.74, 6) is 0.330. The first kappa shape index (κ1) is 17.2. The molecule has 1 aromatic heterocycles. The van der Waals surface area contributed by atoms with Crippen LogP contribution in [0.1, 0.15) is 21.7 Å². The highest BCUT2D eigenvalue weighted by Gasteiger charge is 2.18. The number of nitrogens with one attached hydrogen (secondary N) is 1. The molecule has 0 spiro atoms. The highest BCUT2D eigenvalue weighted by Crippen LogP contribution is 2.08. The van der Waals surface area contributed by atoms with E-state index in [2.05, 4.69) is 5.32 Å². The Bertz CT molecular complexity index is 737. The van der Waals surface area contributed by atoms with Gasteiger partial charge in [0.25, 0.3) is 5.91 Å². The summed E-state index contributed by atoms with van der Waals surface area (Å²) >= 11 is 0. The first-order valence-electron chi connectivity index (χ1n) is 7.18. The van der Waals surface area contributed by atoms with E-state index >= 15 is 0 Å². The van der Waals surface area contributed by atoms with Crippen molar-refractivity contribution in [3.05, 3.63) is 59.5 Å². The van der Waals surface area contributed by atoms with E-state index in [4.69, 9.17) is 4.42 Å². The van der Waals surface area contributed by atoms with E-state index < -0.39 is 10.0 Å². The summed E-state index contributed by atoms with van der Waals surface area (Å²) < 4.78 is 30.1. The van der Waals surface area contributed by atoms with Crippen molar-refractivity contribution in [3.8, 4) is 0 Å². The molecule has 0 radical (unpaired) electrons. The van der Waals surface area contributed by atoms with Gasteiger partial charge in [-0.05, 0) is 31.2 Å². The van der Waals surface area contributed by atoms with Gasteiger partial charge in [0.05, 0.1) is 19.1 Å². The summed E-state index contributed by atoms with van der Waals surface area (Å²) in [5.41, 5.74) is 1.62. The van der Waals surface area contributed by atoms with Gasteiger partial charge in [0.1, 0.15) is 5.76 Å². The van der Waals surface area contributed by atoms with Gasteiger partial charge in [-0.1, -0.05) is 17.7 Å². The van der Waals surface area contributed by atoms with Crippen LogP contribution < -0.4 is 5.32 Å². The van der Waals surface area contributed by atoms with Crippen molar-refractivity contribution < 1.29 is 17.6 Å². The van der Waals surface area contributed by atoms with Crippen molar-refractivity contribution >= 4 is 15.9 Å². The minimum atomic E-state index is -3.39. The third-order valence-corrected chi connectivity index (χ3v) is 4.59. The maximum absolute atomic E-state index is 12.0. The number of hydrogen-bond acceptors (Lipinski definition) is 4. The highest BCUT2D eigenvalue weighted by molar-refractivity contribution is 7.88. The number of rotatable bonds is 7. The van der Waals surface area contributed by atoms with Crippen LogP contribution in [0, 0.1) is 6.92 Å². The Morgan fingerprint density at radius 2 is 1.91 bits per heavy atom. The average molecular weight is 336 g/mol. The predicted octanol–water partition coefficient (Wildman–Crippen LogP) is 1.78. The molecule has 0 aliphatic heterocycles. The van der Waals surface area contributed by atoms with E-state index in [1.165, 1.54) is 10.6 Å². The second-order valence-electron chi connectivity index (χ2n) is 5.30. The van der Waals surface area contributed by atoms with Crippen LogP contribution in [-0.2, 0) is 16.6 Å². The molecule has 0 aliphatic carbocycles. The molecule has 1 aromatic carbocycles. The zero-order valence-corrected chi connectivity index (χ0v) is 14.0. The molecule has 0 bridgehead atoms. The molecule has 6 nitrogen and oxygen atoms in total. The molecule has 0 saturated carbocycles. The second-order valence-corrected chi connectivity index (χ2v) is 7.28. The first-order valence-corrected chi connectivity index (χ1v) is 9.03. The van der Waals surface area contributed by atoms with Crippen LogP contribution in [-0.4, -0.2) is 38.0 Å². The minimum absolute atomic E-state index is 0.145.